The molecule has 1 amide bonds. The molecule has 2 atom stereocenters. The molecule has 0 aliphatic carbocycles. The molecule has 2 aromatic rings. The minimum absolute atomic E-state index is 0.0643. The van der Waals surface area contributed by atoms with Gasteiger partial charge in [0.15, 0.2) is 0 Å². The van der Waals surface area contributed by atoms with Gasteiger partial charge in [0.25, 0.3) is 0 Å². The number of fused-ring (bicyclic) bond motifs is 1. The Labute approximate surface area is 150 Å². The Balaban J connectivity index is 1.83. The molecule has 0 N–H and O–H groups in total. The summed E-state index contributed by atoms with van der Waals surface area (Å²) >= 11 is 0. The molecule has 0 spiro atoms. The largest absolute Gasteiger partial charge is 0.335 e. The van der Waals surface area contributed by atoms with Gasteiger partial charge in [-0.1, -0.05) is 38.1 Å². The molecule has 0 unspecified atom stereocenters. The molecular formula is C21H29N3O. The van der Waals surface area contributed by atoms with Crippen molar-refractivity contribution in [3.63, 3.8) is 0 Å². The van der Waals surface area contributed by atoms with Gasteiger partial charge in [-0.3, -0.25) is 4.79 Å². The number of amides is 1. The Morgan fingerprint density at radius 2 is 2.08 bits per heavy atom. The zero-order valence-electron chi connectivity index (χ0n) is 15.8. The Bertz CT molecular complexity index is 734. The summed E-state index contributed by atoms with van der Waals surface area (Å²) in [4.78, 5) is 19.7. The fourth-order valence-corrected chi connectivity index (χ4v) is 3.87. The van der Waals surface area contributed by atoms with Crippen LogP contribution in [0.15, 0.2) is 36.8 Å². The van der Waals surface area contributed by atoms with E-state index in [1.165, 1.54) is 16.8 Å². The average Bonchev–Trinajstić information content (AvgIpc) is 3.06. The molecule has 2 heterocycles. The van der Waals surface area contributed by atoms with Crippen LogP contribution in [-0.4, -0.2) is 26.9 Å². The normalized spacial score (nSPS) is 18.0. The standard InChI is InChI=1S/C21H29N3O/c1-15(2)13-24(17(4)20-8-6-5-7-16(20)3)21(25)18-9-10-23-14-22-12-19(23)11-18/h5-8,12,14-15,17-18H,9-11,13H2,1-4H3/t17-,18-/m0/s1. The van der Waals surface area contributed by atoms with Crippen LogP contribution in [0.5, 0.6) is 0 Å². The maximum absolute atomic E-state index is 13.4. The fraction of sp³-hybridized carbons (Fsp3) is 0.524. The van der Waals surface area contributed by atoms with Gasteiger partial charge >= 0.3 is 0 Å². The number of nitrogens with zero attached hydrogens (tertiary/aromatic N) is 3. The van der Waals surface area contributed by atoms with Crippen LogP contribution in [0.1, 0.15) is 50.1 Å². The van der Waals surface area contributed by atoms with E-state index in [-0.39, 0.29) is 17.9 Å². The maximum Gasteiger partial charge on any atom is 0.226 e. The molecular weight excluding hydrogens is 310 g/mol. The smallest absolute Gasteiger partial charge is 0.226 e. The van der Waals surface area contributed by atoms with E-state index in [1.807, 2.05) is 12.5 Å². The van der Waals surface area contributed by atoms with Crippen LogP contribution in [0.4, 0.5) is 0 Å². The van der Waals surface area contributed by atoms with E-state index in [2.05, 4.69) is 66.4 Å². The van der Waals surface area contributed by atoms with Crippen molar-refractivity contribution < 1.29 is 4.79 Å². The van der Waals surface area contributed by atoms with Crippen LogP contribution in [0.25, 0.3) is 0 Å². The summed E-state index contributed by atoms with van der Waals surface area (Å²) < 4.78 is 2.17. The Morgan fingerprint density at radius 3 is 2.80 bits per heavy atom. The zero-order chi connectivity index (χ0) is 18.0. The predicted molar refractivity (Wildman–Crippen MR) is 100 cm³/mol. The van der Waals surface area contributed by atoms with Crippen LogP contribution in [0.2, 0.25) is 0 Å². The van der Waals surface area contributed by atoms with Gasteiger partial charge in [0.1, 0.15) is 0 Å². The summed E-state index contributed by atoms with van der Waals surface area (Å²) in [6.07, 6.45) is 5.47. The van der Waals surface area contributed by atoms with Crippen molar-refractivity contribution >= 4 is 5.91 Å². The molecule has 3 rings (SSSR count). The summed E-state index contributed by atoms with van der Waals surface area (Å²) in [5, 5.41) is 0. The van der Waals surface area contributed by atoms with Gasteiger partial charge in [0, 0.05) is 37.3 Å². The highest BCUT2D eigenvalue weighted by atomic mass is 16.2. The molecule has 0 fully saturated rings. The molecule has 1 aliphatic rings. The quantitative estimate of drug-likeness (QED) is 0.826. The van der Waals surface area contributed by atoms with Crippen LogP contribution < -0.4 is 0 Å². The second kappa shape index (κ2) is 7.42. The number of carbonyl (C=O) groups is 1. The lowest BCUT2D eigenvalue weighted by atomic mass is 9.92. The SMILES string of the molecule is Cc1ccccc1[C@H](C)N(CC(C)C)C(=O)[C@H]1CCn2cncc2C1. The monoisotopic (exact) mass is 339 g/mol. The minimum Gasteiger partial charge on any atom is -0.335 e. The van der Waals surface area contributed by atoms with Crippen LogP contribution >= 0.6 is 0 Å². The average molecular weight is 339 g/mol. The predicted octanol–water partition coefficient (Wildman–Crippen LogP) is 4.00. The maximum atomic E-state index is 13.4. The Hall–Kier alpha value is -2.10. The summed E-state index contributed by atoms with van der Waals surface area (Å²) in [5.41, 5.74) is 3.67. The third-order valence-electron chi connectivity index (χ3n) is 5.27. The van der Waals surface area contributed by atoms with Gasteiger partial charge < -0.3 is 9.47 Å². The summed E-state index contributed by atoms with van der Waals surface area (Å²) in [6.45, 7) is 10.3. The van der Waals surface area contributed by atoms with Crippen LogP contribution in [-0.2, 0) is 17.8 Å². The number of aromatic nitrogens is 2. The number of hydrogen-bond donors (Lipinski definition) is 0. The highest BCUT2D eigenvalue weighted by molar-refractivity contribution is 5.79. The minimum atomic E-state index is 0.0643. The summed E-state index contributed by atoms with van der Waals surface area (Å²) in [7, 11) is 0. The first-order chi connectivity index (χ1) is 12.0. The molecule has 1 aliphatic heterocycles. The molecule has 0 bridgehead atoms. The first-order valence-corrected chi connectivity index (χ1v) is 9.32. The van der Waals surface area contributed by atoms with E-state index in [4.69, 9.17) is 0 Å². The third kappa shape index (κ3) is 3.78. The number of benzene rings is 1. The molecule has 1 aromatic carbocycles. The number of imidazole rings is 1. The van der Waals surface area contributed by atoms with Crippen molar-refractivity contribution in [2.24, 2.45) is 11.8 Å². The van der Waals surface area contributed by atoms with Crippen molar-refractivity contribution in [1.82, 2.24) is 14.5 Å². The van der Waals surface area contributed by atoms with Gasteiger partial charge in [-0.15, -0.1) is 0 Å². The number of carbonyl (C=O) groups excluding carboxylic acids is 1. The molecule has 4 heteroatoms. The highest BCUT2D eigenvalue weighted by Gasteiger charge is 2.32. The molecule has 134 valence electrons. The third-order valence-corrected chi connectivity index (χ3v) is 5.27. The number of aryl methyl sites for hydroxylation is 2. The topological polar surface area (TPSA) is 38.1 Å². The van der Waals surface area contributed by atoms with Gasteiger partial charge in [0.2, 0.25) is 5.91 Å². The number of hydrogen-bond acceptors (Lipinski definition) is 2. The van der Waals surface area contributed by atoms with E-state index in [0.717, 1.165) is 25.9 Å². The number of rotatable bonds is 5. The summed E-state index contributed by atoms with van der Waals surface area (Å²) in [5.74, 6) is 0.802. The second-order valence-corrected chi connectivity index (χ2v) is 7.69. The van der Waals surface area contributed by atoms with E-state index >= 15 is 0 Å². The van der Waals surface area contributed by atoms with Gasteiger partial charge in [-0.05, 0) is 37.3 Å². The lowest BCUT2D eigenvalue weighted by Gasteiger charge is -2.36. The van der Waals surface area contributed by atoms with Crippen molar-refractivity contribution in [1.29, 1.82) is 0 Å². The first kappa shape index (κ1) is 17.7. The van der Waals surface area contributed by atoms with Crippen LogP contribution in [0.3, 0.4) is 0 Å². The molecule has 4 nitrogen and oxygen atoms in total. The van der Waals surface area contributed by atoms with E-state index < -0.39 is 0 Å². The van der Waals surface area contributed by atoms with Gasteiger partial charge in [-0.2, -0.15) is 0 Å². The summed E-state index contributed by atoms with van der Waals surface area (Å²) in [6, 6.07) is 8.50. The first-order valence-electron chi connectivity index (χ1n) is 9.32. The van der Waals surface area contributed by atoms with Gasteiger partial charge in [0.05, 0.1) is 12.4 Å². The zero-order valence-corrected chi connectivity index (χ0v) is 15.8. The molecule has 1 aromatic heterocycles. The van der Waals surface area contributed by atoms with E-state index in [0.29, 0.717) is 5.92 Å². The van der Waals surface area contributed by atoms with Crippen molar-refractivity contribution in [3.05, 3.63) is 53.6 Å². The lowest BCUT2D eigenvalue weighted by molar-refractivity contribution is -0.139. The molecule has 25 heavy (non-hydrogen) atoms. The lowest BCUT2D eigenvalue weighted by Crippen LogP contribution is -2.42. The highest BCUT2D eigenvalue weighted by Crippen LogP contribution is 2.29. The van der Waals surface area contributed by atoms with Crippen LogP contribution in [0, 0.1) is 18.8 Å². The van der Waals surface area contributed by atoms with Crippen molar-refractivity contribution in [2.45, 2.75) is 53.1 Å². The van der Waals surface area contributed by atoms with E-state index in [1.54, 1.807) is 0 Å². The van der Waals surface area contributed by atoms with Crippen molar-refractivity contribution in [2.75, 3.05) is 6.54 Å². The van der Waals surface area contributed by atoms with E-state index in [9.17, 15) is 4.79 Å². The van der Waals surface area contributed by atoms with Gasteiger partial charge in [-0.25, -0.2) is 4.98 Å². The molecule has 0 saturated heterocycles. The molecule has 0 radical (unpaired) electrons. The second-order valence-electron chi connectivity index (χ2n) is 7.69. The Morgan fingerprint density at radius 1 is 1.32 bits per heavy atom. The fourth-order valence-electron chi connectivity index (χ4n) is 3.87. The molecule has 0 saturated carbocycles. The van der Waals surface area contributed by atoms with Crippen molar-refractivity contribution in [3.8, 4) is 0 Å². The Kier molecular flexibility index (Phi) is 5.26.